The minimum absolute atomic E-state index is 0.0375. The molecule has 0 aromatic carbocycles. The summed E-state index contributed by atoms with van der Waals surface area (Å²) in [6.45, 7) is 6.43. The number of hydrogen-bond donors (Lipinski definition) is 1. The summed E-state index contributed by atoms with van der Waals surface area (Å²) < 4.78 is 4.93. The number of methoxy groups -OCH3 is 1. The van der Waals surface area contributed by atoms with Gasteiger partial charge in [0.05, 0.1) is 17.3 Å². The first-order valence-electron chi connectivity index (χ1n) is 7.16. The molecule has 20 heavy (non-hydrogen) atoms. The molecule has 0 bridgehead atoms. The average Bonchev–Trinajstić information content (AvgIpc) is 3.06. The van der Waals surface area contributed by atoms with E-state index in [2.05, 4.69) is 15.2 Å². The fourth-order valence-electron chi connectivity index (χ4n) is 2.38. The number of nitrogens with zero attached hydrogens (tertiary/aromatic N) is 2. The number of nitrogens with one attached hydrogen (secondary N) is 1. The second-order valence-corrected chi connectivity index (χ2v) is 6.15. The van der Waals surface area contributed by atoms with E-state index in [1.54, 1.807) is 7.11 Å². The monoisotopic (exact) mass is 297 g/mol. The van der Waals surface area contributed by atoms with E-state index in [0.717, 1.165) is 28.5 Å². The molecular formula is C14H23N3O2S. The molecule has 1 amide bonds. The summed E-state index contributed by atoms with van der Waals surface area (Å²) in [7, 11) is 1.63. The zero-order valence-corrected chi connectivity index (χ0v) is 13.1. The number of hydrogen-bond acceptors (Lipinski definition) is 5. The molecule has 5 nitrogen and oxygen atoms in total. The average molecular weight is 297 g/mol. The second kappa shape index (κ2) is 7.71. The van der Waals surface area contributed by atoms with E-state index >= 15 is 0 Å². The number of likely N-dealkylation sites (tertiary alicyclic amines) is 1. The topological polar surface area (TPSA) is 54.5 Å². The number of carbonyl (C=O) groups is 1. The molecule has 2 rings (SSSR count). The summed E-state index contributed by atoms with van der Waals surface area (Å²) >= 11 is 1.52. The minimum atomic E-state index is -0.0375. The molecule has 1 aliphatic rings. The SMILES string of the molecule is COCCNC(=O)c1sc(CCN2CCCC2)nc1C. The number of aromatic nitrogens is 1. The van der Waals surface area contributed by atoms with Crippen LogP contribution in [0.5, 0.6) is 0 Å². The van der Waals surface area contributed by atoms with Crippen LogP contribution in [0.25, 0.3) is 0 Å². The van der Waals surface area contributed by atoms with Gasteiger partial charge in [0.15, 0.2) is 0 Å². The Morgan fingerprint density at radius 1 is 1.45 bits per heavy atom. The van der Waals surface area contributed by atoms with Gasteiger partial charge in [0.2, 0.25) is 0 Å². The summed E-state index contributed by atoms with van der Waals surface area (Å²) in [4.78, 5) is 19.7. The molecule has 1 aromatic rings. The molecule has 1 aromatic heterocycles. The summed E-state index contributed by atoms with van der Waals surface area (Å²) in [5.41, 5.74) is 0.835. The van der Waals surface area contributed by atoms with Crippen LogP contribution in [-0.2, 0) is 11.2 Å². The van der Waals surface area contributed by atoms with E-state index in [4.69, 9.17) is 4.74 Å². The Hall–Kier alpha value is -0.980. The van der Waals surface area contributed by atoms with Crippen molar-refractivity contribution in [3.63, 3.8) is 0 Å². The summed E-state index contributed by atoms with van der Waals surface area (Å²) in [5, 5.41) is 3.91. The van der Waals surface area contributed by atoms with E-state index in [1.165, 1.54) is 37.3 Å². The largest absolute Gasteiger partial charge is 0.383 e. The lowest BCUT2D eigenvalue weighted by atomic mass is 10.3. The van der Waals surface area contributed by atoms with Crippen molar-refractivity contribution in [2.75, 3.05) is 39.9 Å². The van der Waals surface area contributed by atoms with Crippen molar-refractivity contribution < 1.29 is 9.53 Å². The molecule has 6 heteroatoms. The fourth-order valence-corrected chi connectivity index (χ4v) is 3.35. The van der Waals surface area contributed by atoms with E-state index in [-0.39, 0.29) is 5.91 Å². The van der Waals surface area contributed by atoms with Crippen LogP contribution >= 0.6 is 11.3 Å². The molecular weight excluding hydrogens is 274 g/mol. The molecule has 0 aliphatic carbocycles. The van der Waals surface area contributed by atoms with Gasteiger partial charge in [-0.3, -0.25) is 4.79 Å². The number of ether oxygens (including phenoxy) is 1. The van der Waals surface area contributed by atoms with Gasteiger partial charge in [-0.1, -0.05) is 0 Å². The van der Waals surface area contributed by atoms with Crippen molar-refractivity contribution in [2.24, 2.45) is 0 Å². The van der Waals surface area contributed by atoms with Gasteiger partial charge in [0.25, 0.3) is 5.91 Å². The van der Waals surface area contributed by atoms with Crippen LogP contribution in [-0.4, -0.2) is 55.7 Å². The highest BCUT2D eigenvalue weighted by molar-refractivity contribution is 7.13. The summed E-state index contributed by atoms with van der Waals surface area (Å²) in [6.07, 6.45) is 3.56. The minimum Gasteiger partial charge on any atom is -0.383 e. The molecule has 0 spiro atoms. The highest BCUT2D eigenvalue weighted by atomic mass is 32.1. The normalized spacial score (nSPS) is 15.7. The van der Waals surface area contributed by atoms with E-state index in [9.17, 15) is 4.79 Å². The van der Waals surface area contributed by atoms with Gasteiger partial charge >= 0.3 is 0 Å². The summed E-state index contributed by atoms with van der Waals surface area (Å²) in [6, 6.07) is 0. The Bertz CT molecular complexity index is 442. The molecule has 2 heterocycles. The van der Waals surface area contributed by atoms with Gasteiger partial charge in [0.1, 0.15) is 4.88 Å². The van der Waals surface area contributed by atoms with E-state index in [0.29, 0.717) is 13.2 Å². The smallest absolute Gasteiger partial charge is 0.263 e. The van der Waals surface area contributed by atoms with Crippen LogP contribution < -0.4 is 5.32 Å². The van der Waals surface area contributed by atoms with Gasteiger partial charge in [-0.05, 0) is 32.9 Å². The zero-order chi connectivity index (χ0) is 14.4. The maximum atomic E-state index is 12.0. The first kappa shape index (κ1) is 15.4. The maximum Gasteiger partial charge on any atom is 0.263 e. The zero-order valence-electron chi connectivity index (χ0n) is 12.3. The molecule has 1 fully saturated rings. The number of rotatable bonds is 7. The molecule has 112 valence electrons. The lowest BCUT2D eigenvalue weighted by Crippen LogP contribution is -2.26. The van der Waals surface area contributed by atoms with Gasteiger partial charge in [-0.2, -0.15) is 0 Å². The number of amides is 1. The standard InChI is InChI=1S/C14H23N3O2S/c1-11-13(14(18)15-6-10-19-2)20-12(16-11)5-9-17-7-3-4-8-17/h3-10H2,1-2H3,(H,15,18). The Labute approximate surface area is 124 Å². The molecule has 0 radical (unpaired) electrons. The third kappa shape index (κ3) is 4.26. The van der Waals surface area contributed by atoms with Gasteiger partial charge in [-0.15, -0.1) is 11.3 Å². The second-order valence-electron chi connectivity index (χ2n) is 5.07. The van der Waals surface area contributed by atoms with Crippen LogP contribution in [0.3, 0.4) is 0 Å². The Balaban J connectivity index is 1.85. The molecule has 1 aliphatic heterocycles. The first-order chi connectivity index (χ1) is 9.70. The van der Waals surface area contributed by atoms with Crippen LogP contribution in [0.4, 0.5) is 0 Å². The van der Waals surface area contributed by atoms with Crippen molar-refractivity contribution in [3.8, 4) is 0 Å². The Morgan fingerprint density at radius 3 is 2.90 bits per heavy atom. The highest BCUT2D eigenvalue weighted by Gasteiger charge is 2.16. The van der Waals surface area contributed by atoms with Crippen LogP contribution in [0.1, 0.15) is 33.2 Å². The van der Waals surface area contributed by atoms with Crippen molar-refractivity contribution in [3.05, 3.63) is 15.6 Å². The molecule has 1 N–H and O–H groups in total. The third-order valence-electron chi connectivity index (χ3n) is 3.48. The quantitative estimate of drug-likeness (QED) is 0.774. The lowest BCUT2D eigenvalue weighted by Gasteiger charge is -2.12. The van der Waals surface area contributed by atoms with Crippen molar-refractivity contribution in [1.29, 1.82) is 0 Å². The van der Waals surface area contributed by atoms with Crippen LogP contribution in [0.15, 0.2) is 0 Å². The number of thiazole rings is 1. The molecule has 0 unspecified atom stereocenters. The van der Waals surface area contributed by atoms with E-state index < -0.39 is 0 Å². The van der Waals surface area contributed by atoms with Gasteiger partial charge in [-0.25, -0.2) is 4.98 Å². The third-order valence-corrected chi connectivity index (χ3v) is 4.70. The van der Waals surface area contributed by atoms with Crippen molar-refractivity contribution in [1.82, 2.24) is 15.2 Å². The Morgan fingerprint density at radius 2 is 2.20 bits per heavy atom. The highest BCUT2D eigenvalue weighted by Crippen LogP contribution is 2.19. The van der Waals surface area contributed by atoms with Gasteiger partial charge in [0, 0.05) is 26.6 Å². The molecule has 0 saturated carbocycles. The fraction of sp³-hybridized carbons (Fsp3) is 0.714. The van der Waals surface area contributed by atoms with Crippen LogP contribution in [0, 0.1) is 6.92 Å². The van der Waals surface area contributed by atoms with Crippen molar-refractivity contribution in [2.45, 2.75) is 26.2 Å². The van der Waals surface area contributed by atoms with Crippen molar-refractivity contribution >= 4 is 17.2 Å². The Kier molecular flexibility index (Phi) is 5.94. The molecule has 0 atom stereocenters. The van der Waals surface area contributed by atoms with Gasteiger partial charge < -0.3 is 15.0 Å². The number of aryl methyl sites for hydroxylation is 1. The number of carbonyl (C=O) groups excluding carboxylic acids is 1. The predicted molar refractivity (Wildman–Crippen MR) is 80.4 cm³/mol. The molecule has 1 saturated heterocycles. The maximum absolute atomic E-state index is 12.0. The predicted octanol–water partition coefficient (Wildman–Crippen LogP) is 1.47. The van der Waals surface area contributed by atoms with E-state index in [1.807, 2.05) is 6.92 Å². The first-order valence-corrected chi connectivity index (χ1v) is 7.98. The lowest BCUT2D eigenvalue weighted by molar-refractivity contribution is 0.0940. The summed E-state index contributed by atoms with van der Waals surface area (Å²) in [5.74, 6) is -0.0375. The van der Waals surface area contributed by atoms with Crippen LogP contribution in [0.2, 0.25) is 0 Å².